The number of phenols is 4. The van der Waals surface area contributed by atoms with E-state index in [0.29, 0.717) is 46.0 Å². The Morgan fingerprint density at radius 1 is 0.507 bits per heavy atom. The Hall–Kier alpha value is -4.63. The van der Waals surface area contributed by atoms with Crippen LogP contribution in [0.2, 0.25) is 0 Å². The van der Waals surface area contributed by atoms with E-state index in [1.807, 2.05) is 27.7 Å². The number of benzene rings is 4. The van der Waals surface area contributed by atoms with Crippen LogP contribution in [-0.4, -0.2) is 112 Å². The molecular weight excluding hydrogens is 893 g/mol. The fourth-order valence-electron chi connectivity index (χ4n) is 6.59. The van der Waals surface area contributed by atoms with Gasteiger partial charge in [-0.3, -0.25) is 0 Å². The topological polar surface area (TPSA) is 288 Å². The molecule has 390 valence electrons. The van der Waals surface area contributed by atoms with E-state index in [-0.39, 0.29) is 79.8 Å². The second kappa shape index (κ2) is 33.8. The first-order valence-electron chi connectivity index (χ1n) is 23.6. The summed E-state index contributed by atoms with van der Waals surface area (Å²) in [6, 6.07) is 17.8. The van der Waals surface area contributed by atoms with Crippen LogP contribution >= 0.6 is 0 Å². The number of hydrogen-bond donors (Lipinski definition) is 15. The average Bonchev–Trinajstić information content (AvgIpc) is 3.36. The molecule has 0 aliphatic heterocycles. The maximum atomic E-state index is 11.9. The molecule has 0 aliphatic rings. The molecule has 0 radical (unpaired) electrons. The third-order valence-corrected chi connectivity index (χ3v) is 11.2. The van der Waals surface area contributed by atoms with Crippen molar-refractivity contribution in [1.29, 1.82) is 0 Å². The van der Waals surface area contributed by atoms with Crippen molar-refractivity contribution in [3.05, 3.63) is 111 Å². The SMILES string of the molecule is CC(C)C(O)c1cc(O)c(OCC[18F])c(O)c1.CCC(C)NCC(O)c1ccc(CO)c(CO)c1.CCCNC(C)C(O)c1ccc(CO)c(CO)c1.CCCNC(C)C(O)c1ccc(O)c(O)c1. The summed E-state index contributed by atoms with van der Waals surface area (Å²) in [5, 5.41) is 124. The number of phenolic OH excluding ortho intramolecular Hbond substituents is 4. The standard InChI is InChI=1S/2C14H23NO3.C12H17FO4.C12H19NO3/c1-3-10(2)15-7-14(18)11-4-5-12(8-16)13(6-11)9-17;1-3-6-15-10(2)14(18)11-4-5-12(8-16)13(7-11)9-17;1-7(2)11(16)8-5-9(14)12(10(15)6-8)17-4-3-13;1-3-6-13-8(2)12(16)9-4-5-10(14)11(15)7-9/h4-6,10,14-18H,3,7-9H2,1-2H3;4-5,7,10,14-18H,3,6,8-9H2,1-2H3;5-7,11,14-16H,3-4H2,1-2H3;4-5,7-8,12-16H,3,6H2,1-2H3/i;;13-1;. The van der Waals surface area contributed by atoms with Gasteiger partial charge in [-0.15, -0.1) is 0 Å². The highest BCUT2D eigenvalue weighted by Gasteiger charge is 2.20. The summed E-state index contributed by atoms with van der Waals surface area (Å²) in [5.74, 6) is -1.22. The van der Waals surface area contributed by atoms with Gasteiger partial charge < -0.3 is 82.0 Å². The first kappa shape index (κ1) is 62.4. The zero-order valence-electron chi connectivity index (χ0n) is 41.6. The van der Waals surface area contributed by atoms with Crippen LogP contribution in [-0.2, 0) is 26.4 Å². The molecule has 69 heavy (non-hydrogen) atoms. The number of hydrogen-bond acceptors (Lipinski definition) is 16. The molecule has 4 rings (SSSR count). The first-order valence-corrected chi connectivity index (χ1v) is 23.6. The van der Waals surface area contributed by atoms with Crippen LogP contribution in [0.1, 0.15) is 144 Å². The molecule has 0 amide bonds. The lowest BCUT2D eigenvalue weighted by Gasteiger charge is -2.21. The highest BCUT2D eigenvalue weighted by atomic mass is 18.2. The van der Waals surface area contributed by atoms with E-state index in [1.54, 1.807) is 42.5 Å². The molecule has 0 saturated carbocycles. The van der Waals surface area contributed by atoms with Gasteiger partial charge in [-0.2, -0.15) is 0 Å². The van der Waals surface area contributed by atoms with Gasteiger partial charge in [0.1, 0.15) is 13.3 Å². The molecule has 17 heteroatoms. The van der Waals surface area contributed by atoms with Crippen LogP contribution in [0.15, 0.2) is 66.7 Å². The lowest BCUT2D eigenvalue weighted by molar-refractivity contribution is 0.126. The van der Waals surface area contributed by atoms with Crippen LogP contribution in [0.3, 0.4) is 0 Å². The molecule has 16 nitrogen and oxygen atoms in total. The van der Waals surface area contributed by atoms with Gasteiger partial charge in [0.05, 0.1) is 50.8 Å². The van der Waals surface area contributed by atoms with Crippen molar-refractivity contribution < 1.29 is 70.4 Å². The number of nitrogens with one attached hydrogen (secondary N) is 3. The normalized spacial score (nSPS) is 14.1. The molecule has 0 spiro atoms. The van der Waals surface area contributed by atoms with Crippen LogP contribution in [0, 0.1) is 5.92 Å². The molecule has 0 aromatic heterocycles. The highest BCUT2D eigenvalue weighted by molar-refractivity contribution is 5.52. The van der Waals surface area contributed by atoms with E-state index < -0.39 is 31.1 Å². The quantitative estimate of drug-likeness (QED) is 0.0367. The second-order valence-corrected chi connectivity index (χ2v) is 17.2. The maximum Gasteiger partial charge on any atom is 0.203 e. The number of ether oxygens (including phenoxy) is 1. The zero-order valence-corrected chi connectivity index (χ0v) is 41.6. The third-order valence-electron chi connectivity index (χ3n) is 11.2. The van der Waals surface area contributed by atoms with Crippen molar-refractivity contribution in [2.45, 2.75) is 144 Å². The lowest BCUT2D eigenvalue weighted by Crippen LogP contribution is -2.32. The Morgan fingerprint density at radius 2 is 0.942 bits per heavy atom. The fraction of sp³-hybridized carbons (Fsp3) is 0.538. The molecule has 15 N–H and O–H groups in total. The van der Waals surface area contributed by atoms with Crippen molar-refractivity contribution in [1.82, 2.24) is 16.0 Å². The molecule has 0 aliphatic carbocycles. The summed E-state index contributed by atoms with van der Waals surface area (Å²) in [5.41, 5.74) is 5.22. The molecule has 7 unspecified atom stereocenters. The van der Waals surface area contributed by atoms with Crippen molar-refractivity contribution in [3.8, 4) is 28.7 Å². The number of aliphatic hydroxyl groups is 8. The van der Waals surface area contributed by atoms with E-state index in [1.165, 1.54) is 24.3 Å². The van der Waals surface area contributed by atoms with E-state index in [4.69, 9.17) is 20.1 Å². The Kier molecular flexibility index (Phi) is 30.6. The van der Waals surface area contributed by atoms with E-state index in [9.17, 15) is 50.3 Å². The minimum absolute atomic E-state index is 0.0449. The largest absolute Gasteiger partial charge is 0.504 e. The Balaban J connectivity index is 0.000000460. The molecule has 0 heterocycles. The van der Waals surface area contributed by atoms with Gasteiger partial charge in [0.2, 0.25) is 5.75 Å². The number of aliphatic hydroxyl groups excluding tert-OH is 8. The second-order valence-electron chi connectivity index (χ2n) is 17.2. The van der Waals surface area contributed by atoms with E-state index in [0.717, 1.165) is 43.5 Å². The van der Waals surface area contributed by atoms with Gasteiger partial charge in [0.15, 0.2) is 23.0 Å². The first-order chi connectivity index (χ1) is 32.8. The van der Waals surface area contributed by atoms with Crippen molar-refractivity contribution >= 4 is 0 Å². The molecule has 0 fully saturated rings. The number of halogens is 1. The van der Waals surface area contributed by atoms with Gasteiger partial charge in [0.25, 0.3) is 0 Å². The number of rotatable bonds is 24. The predicted octanol–water partition coefficient (Wildman–Crippen LogP) is 5.84. The summed E-state index contributed by atoms with van der Waals surface area (Å²) in [4.78, 5) is 0. The van der Waals surface area contributed by atoms with Gasteiger partial charge in [-0.25, -0.2) is 4.39 Å². The summed E-state index contributed by atoms with van der Waals surface area (Å²) in [7, 11) is 0. The van der Waals surface area contributed by atoms with Gasteiger partial charge in [-0.05, 0) is 128 Å². The predicted molar refractivity (Wildman–Crippen MR) is 266 cm³/mol. The van der Waals surface area contributed by atoms with Crippen molar-refractivity contribution in [3.63, 3.8) is 0 Å². The van der Waals surface area contributed by atoms with Crippen LogP contribution in [0.5, 0.6) is 28.7 Å². The molecule has 4 aromatic rings. The molecule has 0 bridgehead atoms. The number of aromatic hydroxyl groups is 4. The summed E-state index contributed by atoms with van der Waals surface area (Å²) in [6.45, 7) is 16.5. The lowest BCUT2D eigenvalue weighted by atomic mass is 9.98. The molecule has 0 saturated heterocycles. The van der Waals surface area contributed by atoms with Gasteiger partial charge in [-0.1, -0.05) is 77.1 Å². The summed E-state index contributed by atoms with van der Waals surface area (Å²) in [6.07, 6.45) is 0.324. The van der Waals surface area contributed by atoms with Crippen molar-refractivity contribution in [2.75, 3.05) is 32.9 Å². The zero-order chi connectivity index (χ0) is 52.2. The highest BCUT2D eigenvalue weighted by Crippen LogP contribution is 2.39. The monoisotopic (exact) mass is 975 g/mol. The van der Waals surface area contributed by atoms with E-state index in [2.05, 4.69) is 43.6 Å². The molecular formula is C52H82FN3O13. The Bertz CT molecular complexity index is 2000. The minimum Gasteiger partial charge on any atom is -0.504 e. The fourth-order valence-corrected chi connectivity index (χ4v) is 6.59. The summed E-state index contributed by atoms with van der Waals surface area (Å²) < 4.78 is 16.8. The third kappa shape index (κ3) is 21.5. The van der Waals surface area contributed by atoms with Crippen LogP contribution < -0.4 is 20.7 Å². The molecule has 4 aromatic carbocycles. The van der Waals surface area contributed by atoms with Gasteiger partial charge >= 0.3 is 0 Å². The van der Waals surface area contributed by atoms with Gasteiger partial charge in [0, 0.05) is 24.7 Å². The van der Waals surface area contributed by atoms with E-state index >= 15 is 0 Å². The minimum atomic E-state index is -0.790. The Labute approximate surface area is 407 Å². The summed E-state index contributed by atoms with van der Waals surface area (Å²) >= 11 is 0. The Morgan fingerprint density at radius 3 is 1.36 bits per heavy atom. The van der Waals surface area contributed by atoms with Crippen LogP contribution in [0.4, 0.5) is 4.39 Å². The molecule has 7 atom stereocenters. The average molecular weight is 975 g/mol. The van der Waals surface area contributed by atoms with Crippen molar-refractivity contribution in [2.24, 2.45) is 5.92 Å². The number of alkyl halides is 1. The van der Waals surface area contributed by atoms with Crippen LogP contribution in [0.25, 0.3) is 0 Å². The maximum absolute atomic E-state index is 11.9. The smallest absolute Gasteiger partial charge is 0.203 e.